The van der Waals surface area contributed by atoms with Gasteiger partial charge in [-0.05, 0) is 12.0 Å². The monoisotopic (exact) mass is 350 g/mol. The molecule has 0 radical (unpaired) electrons. The Balaban J connectivity index is 1.56. The number of Topliss-reactive ketones (excluding diaryl/α,β-unsaturated/α-hetero) is 1. The van der Waals surface area contributed by atoms with E-state index < -0.39 is 6.04 Å². The molecule has 1 fully saturated rings. The van der Waals surface area contributed by atoms with Crippen LogP contribution in [0, 0.1) is 0 Å². The van der Waals surface area contributed by atoms with Crippen molar-refractivity contribution in [3.8, 4) is 0 Å². The highest BCUT2D eigenvalue weighted by atomic mass is 16.2. The molecule has 3 amide bonds. The van der Waals surface area contributed by atoms with E-state index in [0.717, 1.165) is 5.56 Å². The van der Waals surface area contributed by atoms with Crippen molar-refractivity contribution < 1.29 is 19.2 Å². The lowest BCUT2D eigenvalue weighted by molar-refractivity contribution is -0.156. The molecule has 0 spiro atoms. The number of rotatable bonds is 3. The number of benzene rings is 1. The van der Waals surface area contributed by atoms with Crippen LogP contribution in [0.4, 0.5) is 0 Å². The van der Waals surface area contributed by atoms with Crippen molar-refractivity contribution in [3.63, 3.8) is 0 Å². The summed E-state index contributed by atoms with van der Waals surface area (Å²) in [5, 5.41) is 0. The van der Waals surface area contributed by atoms with Crippen molar-refractivity contribution in [2.24, 2.45) is 0 Å². The van der Waals surface area contributed by atoms with Crippen molar-refractivity contribution in [3.05, 3.63) is 59.2 Å². The van der Waals surface area contributed by atoms with Gasteiger partial charge in [-0.25, -0.2) is 0 Å². The zero-order valence-corrected chi connectivity index (χ0v) is 14.2. The van der Waals surface area contributed by atoms with Gasteiger partial charge in [-0.3, -0.25) is 24.1 Å². The number of nitrogens with zero attached hydrogens (tertiary/aromatic N) is 2. The third kappa shape index (κ3) is 2.67. The molecule has 1 aromatic carbocycles. The third-order valence-electron chi connectivity index (χ3n) is 5.11. The van der Waals surface area contributed by atoms with Gasteiger partial charge in [-0.2, -0.15) is 0 Å². The zero-order valence-electron chi connectivity index (χ0n) is 14.2. The summed E-state index contributed by atoms with van der Waals surface area (Å²) < 4.78 is 0. The van der Waals surface area contributed by atoms with E-state index in [0.29, 0.717) is 17.6 Å². The molecule has 1 atom stereocenters. The number of likely N-dealkylation sites (tertiary alicyclic amines) is 1. The number of imide groups is 1. The lowest BCUT2D eigenvalue weighted by atomic mass is 9.99. The molecule has 6 nitrogen and oxygen atoms in total. The largest absolute Gasteiger partial charge is 0.322 e. The van der Waals surface area contributed by atoms with Gasteiger partial charge in [0.1, 0.15) is 6.04 Å². The summed E-state index contributed by atoms with van der Waals surface area (Å²) in [5.41, 5.74) is 1.73. The van der Waals surface area contributed by atoms with E-state index in [1.807, 2.05) is 30.3 Å². The number of piperidine rings is 1. The molecule has 0 saturated carbocycles. The average Bonchev–Trinajstić information content (AvgIpc) is 2.98. The fraction of sp³-hybridized carbons (Fsp3) is 0.300. The first-order valence-electron chi connectivity index (χ1n) is 8.68. The second-order valence-corrected chi connectivity index (χ2v) is 6.71. The minimum absolute atomic E-state index is 0.0705. The molecule has 1 unspecified atom stereocenters. The van der Waals surface area contributed by atoms with Gasteiger partial charge in [-0.15, -0.1) is 0 Å². The van der Waals surface area contributed by atoms with Crippen LogP contribution < -0.4 is 0 Å². The summed E-state index contributed by atoms with van der Waals surface area (Å²) in [7, 11) is 0. The Kier molecular flexibility index (Phi) is 4.03. The van der Waals surface area contributed by atoms with E-state index >= 15 is 0 Å². The molecule has 132 valence electrons. The van der Waals surface area contributed by atoms with Crippen molar-refractivity contribution in [1.29, 1.82) is 0 Å². The van der Waals surface area contributed by atoms with E-state index in [1.54, 1.807) is 12.2 Å². The van der Waals surface area contributed by atoms with E-state index in [1.165, 1.54) is 9.80 Å². The van der Waals surface area contributed by atoms with Crippen LogP contribution in [0.2, 0.25) is 0 Å². The van der Waals surface area contributed by atoms with E-state index in [4.69, 9.17) is 0 Å². The van der Waals surface area contributed by atoms with Crippen LogP contribution in [0.5, 0.6) is 0 Å². The Hall–Kier alpha value is -3.02. The Morgan fingerprint density at radius 3 is 2.54 bits per heavy atom. The van der Waals surface area contributed by atoms with Crippen molar-refractivity contribution in [2.75, 3.05) is 6.54 Å². The molecule has 2 aliphatic heterocycles. The second-order valence-electron chi connectivity index (χ2n) is 6.71. The van der Waals surface area contributed by atoms with Crippen LogP contribution in [0.3, 0.4) is 0 Å². The minimum atomic E-state index is -0.698. The van der Waals surface area contributed by atoms with Crippen LogP contribution in [-0.4, -0.2) is 45.9 Å². The highest BCUT2D eigenvalue weighted by Crippen LogP contribution is 2.30. The molecule has 3 aliphatic rings. The molecule has 6 heteroatoms. The fourth-order valence-corrected chi connectivity index (χ4v) is 3.72. The number of carbonyl (C=O) groups excluding carboxylic acids is 4. The summed E-state index contributed by atoms with van der Waals surface area (Å²) >= 11 is 0. The summed E-state index contributed by atoms with van der Waals surface area (Å²) in [6.45, 7) is 0.351. The molecule has 1 aromatic rings. The quantitative estimate of drug-likeness (QED) is 0.772. The zero-order chi connectivity index (χ0) is 18.3. The number of hydrogen-bond acceptors (Lipinski definition) is 4. The van der Waals surface area contributed by atoms with Crippen LogP contribution in [0.15, 0.2) is 53.6 Å². The molecule has 2 heterocycles. The lowest BCUT2D eigenvalue weighted by Crippen LogP contribution is -2.55. The number of amides is 3. The predicted molar refractivity (Wildman–Crippen MR) is 92.5 cm³/mol. The number of allylic oxidation sites excluding steroid dienone is 1. The first-order valence-corrected chi connectivity index (χ1v) is 8.68. The highest BCUT2D eigenvalue weighted by molar-refractivity contribution is 6.14. The molecule has 4 rings (SSSR count). The van der Waals surface area contributed by atoms with Gasteiger partial charge in [0.25, 0.3) is 11.8 Å². The van der Waals surface area contributed by atoms with Gasteiger partial charge >= 0.3 is 0 Å². The predicted octanol–water partition coefficient (Wildman–Crippen LogP) is 1.37. The number of ketones is 1. The summed E-state index contributed by atoms with van der Waals surface area (Å²) in [4.78, 5) is 52.6. The lowest BCUT2D eigenvalue weighted by Gasteiger charge is -2.35. The van der Waals surface area contributed by atoms with Gasteiger partial charge in [0.2, 0.25) is 5.91 Å². The molecule has 0 bridgehead atoms. The molecule has 0 N–H and O–H groups in total. The topological polar surface area (TPSA) is 74.8 Å². The van der Waals surface area contributed by atoms with Gasteiger partial charge in [0, 0.05) is 24.0 Å². The Morgan fingerprint density at radius 2 is 1.81 bits per heavy atom. The van der Waals surface area contributed by atoms with Crippen molar-refractivity contribution in [1.82, 2.24) is 9.80 Å². The summed E-state index contributed by atoms with van der Waals surface area (Å²) in [5.74, 6) is -0.958. The maximum Gasteiger partial charge on any atom is 0.255 e. The summed E-state index contributed by atoms with van der Waals surface area (Å²) in [6.07, 6.45) is 4.14. The molecule has 0 aromatic heterocycles. The second kappa shape index (κ2) is 6.37. The van der Waals surface area contributed by atoms with Gasteiger partial charge in [-0.1, -0.05) is 42.5 Å². The van der Waals surface area contributed by atoms with Crippen LogP contribution in [0.1, 0.15) is 24.8 Å². The number of hydrogen-bond donors (Lipinski definition) is 0. The molecule has 1 aliphatic carbocycles. The Morgan fingerprint density at radius 1 is 1.04 bits per heavy atom. The van der Waals surface area contributed by atoms with Crippen molar-refractivity contribution >= 4 is 23.5 Å². The van der Waals surface area contributed by atoms with Gasteiger partial charge < -0.3 is 4.90 Å². The maximum absolute atomic E-state index is 12.9. The highest BCUT2D eigenvalue weighted by Gasteiger charge is 2.44. The standard InChI is InChI=1S/C20H18N2O4/c23-17-8-4-7-14-15(17)12-21(19(14)25)16-9-10-18(24)22(20(16)26)11-13-5-2-1-3-6-13/h1-7,16H,8-12H2. The first kappa shape index (κ1) is 16.4. The maximum atomic E-state index is 12.9. The third-order valence-corrected chi connectivity index (χ3v) is 5.11. The van der Waals surface area contributed by atoms with Crippen molar-refractivity contribution in [2.45, 2.75) is 31.8 Å². The minimum Gasteiger partial charge on any atom is -0.322 e. The van der Waals surface area contributed by atoms with E-state index in [2.05, 4.69) is 0 Å². The normalized spacial score (nSPS) is 23.2. The van der Waals surface area contributed by atoms with Crippen LogP contribution in [0.25, 0.3) is 0 Å². The Bertz CT molecular complexity index is 869. The van der Waals surface area contributed by atoms with Crippen LogP contribution in [-0.2, 0) is 25.7 Å². The van der Waals surface area contributed by atoms with Gasteiger partial charge in [0.15, 0.2) is 5.78 Å². The first-order chi connectivity index (χ1) is 12.6. The average molecular weight is 350 g/mol. The van der Waals surface area contributed by atoms with E-state index in [9.17, 15) is 19.2 Å². The Labute approximate surface area is 150 Å². The molecule has 1 saturated heterocycles. The smallest absolute Gasteiger partial charge is 0.255 e. The van der Waals surface area contributed by atoms with Gasteiger partial charge in [0.05, 0.1) is 13.1 Å². The molecular weight excluding hydrogens is 332 g/mol. The SMILES string of the molecule is O=C1CC=CC2=C1CN(C1CCC(=O)N(Cc3ccccc3)C1=O)C2=O. The summed E-state index contributed by atoms with van der Waals surface area (Å²) in [6, 6.07) is 8.59. The molecular formula is C20H18N2O4. The fourth-order valence-electron chi connectivity index (χ4n) is 3.72. The number of carbonyl (C=O) groups is 4. The van der Waals surface area contributed by atoms with Crippen LogP contribution >= 0.6 is 0 Å². The van der Waals surface area contributed by atoms with E-state index in [-0.39, 0.29) is 49.4 Å². The molecule has 26 heavy (non-hydrogen) atoms.